The Hall–Kier alpha value is -7.02. The maximum atomic E-state index is 14.5. The van der Waals surface area contributed by atoms with Crippen molar-refractivity contribution < 1.29 is 65.8 Å². The van der Waals surface area contributed by atoms with Gasteiger partial charge < -0.3 is 13.9 Å². The van der Waals surface area contributed by atoms with Gasteiger partial charge in [-0.25, -0.2) is 0 Å². The molecule has 0 aliphatic heterocycles. The van der Waals surface area contributed by atoms with Crippen LogP contribution >= 0.6 is 0 Å². The molecular weight excluding hydrogens is 967 g/mol. The van der Waals surface area contributed by atoms with Gasteiger partial charge >= 0.3 is 0 Å². The second-order valence-corrected chi connectivity index (χ2v) is 21.2. The van der Waals surface area contributed by atoms with Crippen molar-refractivity contribution in [1.82, 2.24) is 4.57 Å². The van der Waals surface area contributed by atoms with Crippen LogP contribution < -0.4 is 20.6 Å². The van der Waals surface area contributed by atoms with Crippen LogP contribution in [0.5, 0.6) is 23.0 Å². The third kappa shape index (κ3) is 8.36. The molecular formula is C46H33NO17S4. The standard InChI is InChI=1S/C46H33NO17S4/c1-2-3-20-47-45(48)34-23-39(62-37-18-16-29(67(56,57)58)21-32(37)25-8-12-27(13-9-25)65(50,51)52)42-31-6-4-5-7-36(31)64-44-40(24-35(46(47)49)41(34)43(42)44)63-38-19-17-30(68(59,60)61)22-33(38)26-10-14-28(15-11-26)66(53,54)55/h4-19,21-24H,2-3,20H2,1H3,(H,50,51,52)(H,53,54,55)(H,56,57,58)(H,59,60,61). The van der Waals surface area contributed by atoms with E-state index in [1.807, 2.05) is 6.92 Å². The Balaban J connectivity index is 1.36. The van der Waals surface area contributed by atoms with Gasteiger partial charge in [0.1, 0.15) is 22.8 Å². The number of hydrogen-bond acceptors (Lipinski definition) is 13. The topological polar surface area (TPSA) is 288 Å². The van der Waals surface area contributed by atoms with E-state index in [-0.39, 0.29) is 89.9 Å². The predicted octanol–water partition coefficient (Wildman–Crippen LogP) is 8.56. The number of hydrogen-bond donors (Lipinski definition) is 4. The quantitative estimate of drug-likeness (QED) is 0.0478. The van der Waals surface area contributed by atoms with Crippen LogP contribution in [0.15, 0.2) is 155 Å². The van der Waals surface area contributed by atoms with Gasteiger partial charge in [0.15, 0.2) is 11.3 Å². The molecule has 2 aromatic heterocycles. The lowest BCUT2D eigenvalue weighted by Crippen LogP contribution is -2.33. The lowest BCUT2D eigenvalue weighted by atomic mass is 9.95. The van der Waals surface area contributed by atoms with Crippen LogP contribution in [0.4, 0.5) is 0 Å². The SMILES string of the molecule is CCCCn1c(=O)c2cc(Oc3ccc(S(=O)(=O)O)cc3-c3ccc(S(=O)(=O)O)cc3)c3oc4ccccc4c4c(Oc5ccc(S(=O)(=O)O)cc5-c5ccc(S(=O)(=O)O)cc5)cc(c1=O)c2c34. The molecule has 0 amide bonds. The highest BCUT2D eigenvalue weighted by Crippen LogP contribution is 2.49. The van der Waals surface area contributed by atoms with Crippen molar-refractivity contribution in [2.45, 2.75) is 45.9 Å². The van der Waals surface area contributed by atoms with Crippen molar-refractivity contribution in [1.29, 1.82) is 0 Å². The van der Waals surface area contributed by atoms with Crippen LogP contribution in [-0.2, 0) is 47.0 Å². The number of pyridine rings is 1. The minimum Gasteiger partial charge on any atom is -0.456 e. The van der Waals surface area contributed by atoms with Crippen molar-refractivity contribution >= 4 is 84.0 Å². The van der Waals surface area contributed by atoms with Crippen LogP contribution in [-0.4, -0.2) is 56.4 Å². The Labute approximate surface area is 385 Å². The van der Waals surface area contributed by atoms with Gasteiger partial charge in [-0.15, -0.1) is 0 Å². The normalized spacial score (nSPS) is 12.7. The predicted molar refractivity (Wildman–Crippen MR) is 249 cm³/mol. The maximum Gasteiger partial charge on any atom is 0.294 e. The van der Waals surface area contributed by atoms with Gasteiger partial charge in [0.2, 0.25) is 0 Å². The molecule has 0 bridgehead atoms. The summed E-state index contributed by atoms with van der Waals surface area (Å²) in [6.07, 6.45) is 1.03. The first-order valence-electron chi connectivity index (χ1n) is 20.1. The van der Waals surface area contributed by atoms with Crippen molar-refractivity contribution in [3.8, 4) is 45.3 Å². The van der Waals surface area contributed by atoms with E-state index in [0.717, 1.165) is 53.1 Å². The number of fused-ring (bicyclic) bond motifs is 2. The van der Waals surface area contributed by atoms with E-state index in [1.54, 1.807) is 24.3 Å². The fourth-order valence-electron chi connectivity index (χ4n) is 8.01. The first kappa shape index (κ1) is 46.1. The Morgan fingerprint density at radius 2 is 0.926 bits per heavy atom. The number of nitrogens with zero attached hydrogens (tertiary/aromatic N) is 1. The highest BCUT2D eigenvalue weighted by atomic mass is 32.2. The third-order valence-corrected chi connectivity index (χ3v) is 14.6. The van der Waals surface area contributed by atoms with Crippen LogP contribution in [0.3, 0.4) is 0 Å². The molecule has 18 nitrogen and oxygen atoms in total. The van der Waals surface area contributed by atoms with Crippen molar-refractivity contribution in [2.24, 2.45) is 0 Å². The number of benzene rings is 7. The summed E-state index contributed by atoms with van der Waals surface area (Å²) >= 11 is 0. The molecule has 0 saturated heterocycles. The fourth-order valence-corrected chi connectivity index (χ4v) is 9.99. The van der Waals surface area contributed by atoms with Gasteiger partial charge in [-0.1, -0.05) is 55.8 Å². The Bertz CT molecular complexity index is 4120. The van der Waals surface area contributed by atoms with E-state index in [1.165, 1.54) is 48.5 Å². The zero-order valence-electron chi connectivity index (χ0n) is 34.8. The Kier molecular flexibility index (Phi) is 11.3. The van der Waals surface area contributed by atoms with Gasteiger partial charge in [-0.2, -0.15) is 33.7 Å². The first-order chi connectivity index (χ1) is 32.0. The van der Waals surface area contributed by atoms with Crippen LogP contribution in [0, 0.1) is 0 Å². The molecule has 68 heavy (non-hydrogen) atoms. The monoisotopic (exact) mass is 999 g/mol. The molecule has 4 N–H and O–H groups in total. The smallest absolute Gasteiger partial charge is 0.294 e. The molecule has 0 saturated carbocycles. The van der Waals surface area contributed by atoms with Crippen molar-refractivity contribution in [2.75, 3.05) is 0 Å². The van der Waals surface area contributed by atoms with E-state index in [0.29, 0.717) is 18.2 Å². The summed E-state index contributed by atoms with van der Waals surface area (Å²) in [7, 11) is -18.9. The summed E-state index contributed by atoms with van der Waals surface area (Å²) in [5.74, 6) is -0.332. The molecule has 0 fully saturated rings. The summed E-state index contributed by atoms with van der Waals surface area (Å²) in [5, 5.41) is 0.921. The molecule has 0 aliphatic carbocycles. The van der Waals surface area contributed by atoms with Gasteiger partial charge in [0, 0.05) is 39.2 Å². The summed E-state index contributed by atoms with van der Waals surface area (Å²) < 4.78 is 157. The van der Waals surface area contributed by atoms with Crippen molar-refractivity contribution in [3.63, 3.8) is 0 Å². The van der Waals surface area contributed by atoms with Crippen LogP contribution in [0.1, 0.15) is 19.8 Å². The highest BCUT2D eigenvalue weighted by molar-refractivity contribution is 7.86. The first-order valence-corrected chi connectivity index (χ1v) is 25.8. The average Bonchev–Trinajstić information content (AvgIpc) is 3.28. The van der Waals surface area contributed by atoms with Gasteiger partial charge in [0.05, 0.1) is 30.4 Å². The molecule has 0 aliphatic rings. The number of unbranched alkanes of at least 4 members (excludes halogenated alkanes) is 1. The second kappa shape index (κ2) is 16.6. The molecule has 0 radical (unpaired) electrons. The van der Waals surface area contributed by atoms with Gasteiger partial charge in [0.25, 0.3) is 51.6 Å². The molecule has 7 aromatic carbocycles. The van der Waals surface area contributed by atoms with Crippen LogP contribution in [0.25, 0.3) is 65.7 Å². The van der Waals surface area contributed by atoms with Crippen molar-refractivity contribution in [3.05, 3.63) is 142 Å². The van der Waals surface area contributed by atoms with E-state index in [2.05, 4.69) is 0 Å². The van der Waals surface area contributed by atoms with E-state index in [9.17, 15) is 61.5 Å². The van der Waals surface area contributed by atoms with E-state index < -0.39 is 71.2 Å². The molecule has 348 valence electrons. The van der Waals surface area contributed by atoms with Gasteiger partial charge in [-0.05, 0) is 96.4 Å². The molecule has 0 spiro atoms. The van der Waals surface area contributed by atoms with E-state index in [4.69, 9.17) is 13.9 Å². The maximum absolute atomic E-state index is 14.5. The average molecular weight is 1000 g/mol. The summed E-state index contributed by atoms with van der Waals surface area (Å²) in [6, 6.07) is 25.4. The Morgan fingerprint density at radius 1 is 0.485 bits per heavy atom. The van der Waals surface area contributed by atoms with E-state index >= 15 is 0 Å². The fraction of sp³-hybridized carbons (Fsp3) is 0.0870. The second-order valence-electron chi connectivity index (χ2n) is 15.5. The van der Waals surface area contributed by atoms with Gasteiger partial charge in [-0.3, -0.25) is 32.4 Å². The molecule has 2 heterocycles. The summed E-state index contributed by atoms with van der Waals surface area (Å²) in [6.45, 7) is 1.87. The molecule has 9 rings (SSSR count). The zero-order valence-corrected chi connectivity index (χ0v) is 38.1. The Morgan fingerprint density at radius 3 is 1.40 bits per heavy atom. The molecule has 9 aromatic rings. The summed E-state index contributed by atoms with van der Waals surface area (Å²) in [4.78, 5) is 27.0. The number of para-hydroxylation sites is 1. The number of aromatic nitrogens is 1. The molecule has 22 heteroatoms. The molecule has 0 atom stereocenters. The lowest BCUT2D eigenvalue weighted by molar-refractivity contribution is 0.474. The minimum atomic E-state index is -4.82. The number of ether oxygens (including phenoxy) is 2. The third-order valence-electron chi connectivity index (χ3n) is 11.2. The summed E-state index contributed by atoms with van der Waals surface area (Å²) in [5.41, 5.74) is -0.870. The number of rotatable bonds is 13. The lowest BCUT2D eigenvalue weighted by Gasteiger charge is -2.21. The zero-order chi connectivity index (χ0) is 48.7. The largest absolute Gasteiger partial charge is 0.456 e. The highest BCUT2D eigenvalue weighted by Gasteiger charge is 2.28. The van der Waals surface area contributed by atoms with Crippen LogP contribution in [0.2, 0.25) is 0 Å². The molecule has 0 unspecified atom stereocenters. The minimum absolute atomic E-state index is 0.00581.